The fraction of sp³-hybridized carbons (Fsp3) is 1.00. The van der Waals surface area contributed by atoms with E-state index >= 15 is 0 Å². The third kappa shape index (κ3) is 3.38. The largest absolute Gasteiger partial charge is 1.00 e. The quantitative estimate of drug-likeness (QED) is 0.314. The fourth-order valence-corrected chi connectivity index (χ4v) is 2.23. The average molecular weight is 310 g/mol. The number of nitrogens with zero attached hydrogens (tertiary/aromatic N) is 5. The standard InChI is InChI=1S/C6H12N4.Ag.NO3/c1-7-2-9-4-8(1)5-10(3-7)6-9;;2-1(3)4/h1-6H2;;/q;+1;-1. The third-order valence-corrected chi connectivity index (χ3v) is 2.40. The molecule has 0 unspecified atom stereocenters. The Labute approximate surface area is 103 Å². The van der Waals surface area contributed by atoms with Crippen LogP contribution in [-0.4, -0.2) is 64.7 Å². The van der Waals surface area contributed by atoms with E-state index in [4.69, 9.17) is 15.3 Å². The Hall–Kier alpha value is -0.220. The van der Waals surface area contributed by atoms with Crippen molar-refractivity contribution in [3.63, 3.8) is 0 Å². The fourth-order valence-electron chi connectivity index (χ4n) is 2.23. The van der Waals surface area contributed by atoms with Gasteiger partial charge in [-0.3, -0.25) is 19.6 Å². The van der Waals surface area contributed by atoms with Crippen LogP contribution < -0.4 is 0 Å². The van der Waals surface area contributed by atoms with E-state index in [9.17, 15) is 0 Å². The van der Waals surface area contributed by atoms with Crippen molar-refractivity contribution in [1.29, 1.82) is 0 Å². The second-order valence-corrected chi connectivity index (χ2v) is 3.76. The van der Waals surface area contributed by atoms with Crippen LogP contribution in [-0.2, 0) is 22.4 Å². The molecule has 0 aromatic heterocycles. The van der Waals surface area contributed by atoms with Crippen molar-refractivity contribution >= 4 is 0 Å². The van der Waals surface area contributed by atoms with Crippen LogP contribution in [0.1, 0.15) is 0 Å². The summed E-state index contributed by atoms with van der Waals surface area (Å²) in [7, 11) is 0. The van der Waals surface area contributed by atoms with Gasteiger partial charge in [0.05, 0.1) is 45.1 Å². The van der Waals surface area contributed by atoms with Gasteiger partial charge in [0.1, 0.15) is 0 Å². The van der Waals surface area contributed by atoms with Crippen molar-refractivity contribution < 1.29 is 27.5 Å². The normalized spacial score (nSPS) is 40.0. The Bertz CT molecular complexity index is 180. The summed E-state index contributed by atoms with van der Waals surface area (Å²) in [6.07, 6.45) is 0. The summed E-state index contributed by atoms with van der Waals surface area (Å²) in [5, 5.41) is 14.8. The third-order valence-electron chi connectivity index (χ3n) is 2.40. The predicted octanol–water partition coefficient (Wildman–Crippen LogP) is -1.26. The predicted molar refractivity (Wildman–Crippen MR) is 46.9 cm³/mol. The van der Waals surface area contributed by atoms with Gasteiger partial charge in [0.2, 0.25) is 0 Å². The molecule has 0 amide bonds. The van der Waals surface area contributed by atoms with Gasteiger partial charge in [0.25, 0.3) is 0 Å². The smallest absolute Gasteiger partial charge is 0.356 e. The van der Waals surface area contributed by atoms with Crippen molar-refractivity contribution in [2.24, 2.45) is 0 Å². The Morgan fingerprint density at radius 3 is 1.00 bits per heavy atom. The van der Waals surface area contributed by atoms with Crippen molar-refractivity contribution in [2.75, 3.05) is 40.0 Å². The molecule has 0 atom stereocenters. The van der Waals surface area contributed by atoms with Crippen LogP contribution in [0.2, 0.25) is 0 Å². The van der Waals surface area contributed by atoms with Gasteiger partial charge < -0.3 is 15.3 Å². The summed E-state index contributed by atoms with van der Waals surface area (Å²) >= 11 is 0. The minimum absolute atomic E-state index is 0. The van der Waals surface area contributed by atoms with Gasteiger partial charge in [0, 0.05) is 0 Å². The molecule has 4 aliphatic rings. The number of rotatable bonds is 0. The zero-order valence-corrected chi connectivity index (χ0v) is 9.49. The molecule has 0 aromatic rings. The van der Waals surface area contributed by atoms with Crippen LogP contribution >= 0.6 is 0 Å². The Balaban J connectivity index is 0.000000200. The van der Waals surface area contributed by atoms with E-state index in [1.54, 1.807) is 0 Å². The van der Waals surface area contributed by atoms with Gasteiger partial charge in [-0.05, 0) is 0 Å². The van der Waals surface area contributed by atoms with E-state index in [0.717, 1.165) is 0 Å². The summed E-state index contributed by atoms with van der Waals surface area (Å²) in [4.78, 5) is 18.1. The number of hydrogen-bond donors (Lipinski definition) is 0. The van der Waals surface area contributed by atoms with E-state index in [1.165, 1.54) is 40.0 Å². The van der Waals surface area contributed by atoms with Crippen LogP contribution in [0.15, 0.2) is 0 Å². The molecule has 4 bridgehead atoms. The van der Waals surface area contributed by atoms with Crippen molar-refractivity contribution in [3.05, 3.63) is 15.3 Å². The first-order chi connectivity index (χ1) is 6.63. The Morgan fingerprint density at radius 2 is 0.867 bits per heavy atom. The van der Waals surface area contributed by atoms with E-state index in [1.807, 2.05) is 0 Å². The summed E-state index contributed by atoms with van der Waals surface area (Å²) in [5.74, 6) is 0. The van der Waals surface area contributed by atoms with Crippen LogP contribution in [0, 0.1) is 15.3 Å². The monoisotopic (exact) mass is 309 g/mol. The molecule has 90 valence electrons. The maximum Gasteiger partial charge on any atom is 1.00 e. The summed E-state index contributed by atoms with van der Waals surface area (Å²) in [6.45, 7) is 7.12. The molecule has 4 saturated heterocycles. The van der Waals surface area contributed by atoms with E-state index in [0.29, 0.717) is 0 Å². The van der Waals surface area contributed by atoms with Gasteiger partial charge in [-0.15, -0.1) is 0 Å². The molecule has 4 rings (SSSR count). The van der Waals surface area contributed by atoms with E-state index in [-0.39, 0.29) is 22.4 Å². The minimum atomic E-state index is -1.75. The molecule has 4 fully saturated rings. The Kier molecular flexibility index (Phi) is 4.46. The van der Waals surface area contributed by atoms with Crippen LogP contribution in [0.25, 0.3) is 0 Å². The molecule has 0 aliphatic carbocycles. The number of hydrogen-bond acceptors (Lipinski definition) is 7. The molecule has 15 heavy (non-hydrogen) atoms. The van der Waals surface area contributed by atoms with Gasteiger partial charge >= 0.3 is 22.4 Å². The van der Waals surface area contributed by atoms with E-state index in [2.05, 4.69) is 19.6 Å². The zero-order chi connectivity index (χ0) is 10.1. The Morgan fingerprint density at radius 1 is 0.733 bits per heavy atom. The first-order valence-corrected chi connectivity index (χ1v) is 4.34. The maximum atomic E-state index is 8.25. The van der Waals surface area contributed by atoms with Crippen molar-refractivity contribution in [1.82, 2.24) is 19.6 Å². The average Bonchev–Trinajstić information content (AvgIpc) is 1.98. The second-order valence-electron chi connectivity index (χ2n) is 3.76. The summed E-state index contributed by atoms with van der Waals surface area (Å²) in [6, 6.07) is 0. The van der Waals surface area contributed by atoms with Crippen LogP contribution in [0.5, 0.6) is 0 Å². The molecule has 0 aromatic carbocycles. The molecule has 4 heterocycles. The minimum Gasteiger partial charge on any atom is -0.356 e. The zero-order valence-electron chi connectivity index (χ0n) is 8.00. The molecular formula is C6H12AgN5O3. The van der Waals surface area contributed by atoms with Gasteiger partial charge in [-0.1, -0.05) is 0 Å². The molecule has 0 spiro atoms. The first kappa shape index (κ1) is 12.8. The van der Waals surface area contributed by atoms with Crippen LogP contribution in [0.3, 0.4) is 0 Å². The van der Waals surface area contributed by atoms with Crippen LogP contribution in [0.4, 0.5) is 0 Å². The second kappa shape index (κ2) is 5.21. The molecule has 0 saturated carbocycles. The molecule has 9 heteroatoms. The van der Waals surface area contributed by atoms with Crippen molar-refractivity contribution in [3.8, 4) is 0 Å². The molecule has 0 N–H and O–H groups in total. The van der Waals surface area contributed by atoms with Gasteiger partial charge in [0.15, 0.2) is 0 Å². The van der Waals surface area contributed by atoms with Gasteiger partial charge in [-0.25, -0.2) is 0 Å². The van der Waals surface area contributed by atoms with E-state index < -0.39 is 5.09 Å². The topological polar surface area (TPSA) is 79.2 Å². The summed E-state index contributed by atoms with van der Waals surface area (Å²) < 4.78 is 0. The van der Waals surface area contributed by atoms with Crippen molar-refractivity contribution in [2.45, 2.75) is 0 Å². The summed E-state index contributed by atoms with van der Waals surface area (Å²) in [5.41, 5.74) is 0. The SMILES string of the molecule is C1N2CN3CN1CN(C2)C3.O=[N+]([O-])[O-].[Ag+]. The maximum absolute atomic E-state index is 8.25. The molecule has 0 radical (unpaired) electrons. The molecular weight excluding hydrogens is 298 g/mol. The first-order valence-electron chi connectivity index (χ1n) is 4.34. The van der Waals surface area contributed by atoms with Gasteiger partial charge in [-0.2, -0.15) is 0 Å². The molecule has 4 aliphatic heterocycles. The molecule has 8 nitrogen and oxygen atoms in total.